The lowest BCUT2D eigenvalue weighted by molar-refractivity contribution is -0.0664. The van der Waals surface area contributed by atoms with Gasteiger partial charge in [-0.05, 0) is 6.08 Å². The van der Waals surface area contributed by atoms with Gasteiger partial charge in [0.1, 0.15) is 18.3 Å². The van der Waals surface area contributed by atoms with Crippen molar-refractivity contribution in [3.63, 3.8) is 0 Å². The molecule has 16 heteroatoms. The van der Waals surface area contributed by atoms with Gasteiger partial charge in [0.05, 0.1) is 6.61 Å². The van der Waals surface area contributed by atoms with Gasteiger partial charge in [-0.15, -0.1) is 0 Å². The van der Waals surface area contributed by atoms with Gasteiger partial charge < -0.3 is 40.1 Å². The highest BCUT2D eigenvalue weighted by Crippen LogP contribution is 2.62. The maximum atomic E-state index is 12.1. The first kappa shape index (κ1) is 20.4. The molecule has 0 aromatic heterocycles. The van der Waals surface area contributed by atoms with Crippen molar-refractivity contribution >= 4 is 21.4 Å². The smallest absolute Gasteiger partial charge is 0.394 e. The molecule has 6 atom stereocenters. The number of hydrogen-bond donors (Lipinski definition) is 8. The number of aliphatic hydroxyl groups excluding tert-OH is 3. The number of hydrogen-bond acceptors (Lipinski definition) is 9. The zero-order chi connectivity index (χ0) is 19.2. The lowest BCUT2D eigenvalue weighted by Gasteiger charge is -2.38. The Balaban J connectivity index is 2.24. The molecule has 14 nitrogen and oxygen atoms in total. The van der Waals surface area contributed by atoms with Crippen LogP contribution >= 0.6 is 15.4 Å². The van der Waals surface area contributed by atoms with Crippen LogP contribution in [0.4, 0.5) is 4.79 Å². The van der Waals surface area contributed by atoms with Gasteiger partial charge in [0, 0.05) is 6.20 Å². The first-order chi connectivity index (χ1) is 11.3. The van der Waals surface area contributed by atoms with E-state index < -0.39 is 58.0 Å². The second-order valence-corrected chi connectivity index (χ2v) is 8.72. The van der Waals surface area contributed by atoms with Crippen molar-refractivity contribution in [2.45, 2.75) is 29.9 Å². The average Bonchev–Trinajstić information content (AvgIpc) is 2.72. The van der Waals surface area contributed by atoms with E-state index in [1.807, 2.05) is 5.32 Å². The Labute approximate surface area is 140 Å². The molecule has 0 aromatic carbocycles. The third kappa shape index (κ3) is 3.94. The predicted molar refractivity (Wildman–Crippen MR) is 77.1 cm³/mol. The molecule has 2 unspecified atom stereocenters. The first-order valence-corrected chi connectivity index (χ1v) is 9.73. The molecule has 1 saturated heterocycles. The Bertz CT molecular complexity index is 667. The van der Waals surface area contributed by atoms with Gasteiger partial charge in [-0.25, -0.2) is 13.7 Å². The second kappa shape index (κ2) is 6.68. The number of amides is 2. The molecular weight excluding hydrogens is 388 g/mol. The second-order valence-electron chi connectivity index (χ2n) is 5.30. The van der Waals surface area contributed by atoms with E-state index in [0.29, 0.717) is 11.0 Å². The number of nitrogens with zero attached hydrogens (tertiary/aromatic N) is 1. The van der Waals surface area contributed by atoms with Crippen LogP contribution in [0.3, 0.4) is 0 Å². The van der Waals surface area contributed by atoms with Crippen LogP contribution in [0.25, 0.3) is 0 Å². The van der Waals surface area contributed by atoms with Crippen molar-refractivity contribution in [2.24, 2.45) is 5.73 Å². The minimum absolute atomic E-state index is 0.642. The van der Waals surface area contributed by atoms with Gasteiger partial charge in [-0.1, -0.05) is 0 Å². The van der Waals surface area contributed by atoms with Crippen molar-refractivity contribution in [3.05, 3.63) is 12.3 Å². The number of phosphoric acid groups is 1. The highest BCUT2D eigenvalue weighted by molar-refractivity contribution is 7.64. The van der Waals surface area contributed by atoms with E-state index in [1.54, 1.807) is 0 Å². The molecule has 25 heavy (non-hydrogen) atoms. The lowest BCUT2D eigenvalue weighted by Crippen LogP contribution is -2.62. The summed E-state index contributed by atoms with van der Waals surface area (Å²) < 4.78 is 31.6. The molecule has 0 aromatic rings. The molecular formula is C9H17N3O11P2. The molecule has 2 heterocycles. The molecule has 2 rings (SSSR count). The van der Waals surface area contributed by atoms with Crippen LogP contribution in [-0.2, 0) is 18.2 Å². The van der Waals surface area contributed by atoms with E-state index >= 15 is 0 Å². The van der Waals surface area contributed by atoms with Gasteiger partial charge >= 0.3 is 21.4 Å². The molecule has 0 radical (unpaired) electrons. The Morgan fingerprint density at radius 3 is 2.36 bits per heavy atom. The van der Waals surface area contributed by atoms with Crippen LogP contribution in [0.5, 0.6) is 0 Å². The highest BCUT2D eigenvalue weighted by atomic mass is 31.3. The quantitative estimate of drug-likeness (QED) is 0.212. The summed E-state index contributed by atoms with van der Waals surface area (Å²) >= 11 is 0. The Morgan fingerprint density at radius 2 is 1.92 bits per heavy atom. The summed E-state index contributed by atoms with van der Waals surface area (Å²) in [6, 6.07) is -1.19. The van der Waals surface area contributed by atoms with Crippen LogP contribution in [0, 0.1) is 0 Å². The Morgan fingerprint density at radius 1 is 1.32 bits per heavy atom. The average molecular weight is 405 g/mol. The van der Waals surface area contributed by atoms with Crippen LogP contribution in [-0.4, -0.2) is 77.5 Å². The third-order valence-corrected chi connectivity index (χ3v) is 6.44. The number of rotatable bonds is 5. The standard InChI is InChI=1S/C9H17N3O11P2/c10-9(24(17,18)23-25(19,20)21)1-2-12(8(16)11-9)7-6(15)5(14)4(3-13)22-7/h1-2,4-7,13-15H,3,10H2,(H,11,16)(H,17,18)(H2,19,20,21)/t4-,5-,6-,7-,9?/m1/s1. The summed E-state index contributed by atoms with van der Waals surface area (Å²) in [7, 11) is -10.7. The number of urea groups is 1. The minimum Gasteiger partial charge on any atom is -0.394 e. The van der Waals surface area contributed by atoms with Gasteiger partial charge in [0.2, 0.25) is 5.40 Å². The summed E-state index contributed by atoms with van der Waals surface area (Å²) in [5, 5.41) is 27.7. The van der Waals surface area contributed by atoms with E-state index in [-0.39, 0.29) is 0 Å². The molecule has 2 aliphatic rings. The van der Waals surface area contributed by atoms with E-state index in [0.717, 1.165) is 6.20 Å². The van der Waals surface area contributed by atoms with Crippen LogP contribution in [0.2, 0.25) is 0 Å². The van der Waals surface area contributed by atoms with Crippen molar-refractivity contribution in [3.8, 4) is 0 Å². The van der Waals surface area contributed by atoms with Crippen molar-refractivity contribution in [2.75, 3.05) is 6.61 Å². The van der Waals surface area contributed by atoms with Gasteiger partial charge in [-0.2, -0.15) is 0 Å². The molecule has 144 valence electrons. The van der Waals surface area contributed by atoms with E-state index in [9.17, 15) is 29.0 Å². The first-order valence-electron chi connectivity index (χ1n) is 6.62. The SMILES string of the molecule is NC1(P(=O)(O)OP(=O)(O)O)C=CN([C@@H]2O[C@H](CO)[C@@H](O)[C@H]2O)C(=O)N1. The minimum atomic E-state index is -5.40. The predicted octanol–water partition coefficient (Wildman–Crippen LogP) is -3.13. The fraction of sp³-hybridized carbons (Fsp3) is 0.667. The fourth-order valence-electron chi connectivity index (χ4n) is 2.23. The molecule has 0 aliphatic carbocycles. The summed E-state index contributed by atoms with van der Waals surface area (Å²) in [4.78, 5) is 39.8. The number of ether oxygens (including phenoxy) is 1. The van der Waals surface area contributed by atoms with Crippen LogP contribution < -0.4 is 11.1 Å². The van der Waals surface area contributed by atoms with Crippen molar-refractivity contribution in [1.29, 1.82) is 0 Å². The van der Waals surface area contributed by atoms with E-state index in [4.69, 9.17) is 25.4 Å². The van der Waals surface area contributed by atoms with E-state index in [1.165, 1.54) is 0 Å². The molecule has 2 aliphatic heterocycles. The zero-order valence-electron chi connectivity index (χ0n) is 12.3. The van der Waals surface area contributed by atoms with Gasteiger partial charge in [0.15, 0.2) is 6.23 Å². The van der Waals surface area contributed by atoms with Crippen molar-refractivity contribution in [1.82, 2.24) is 10.2 Å². The summed E-state index contributed by atoms with van der Waals surface area (Å²) in [6.45, 7) is -0.642. The van der Waals surface area contributed by atoms with Crippen LogP contribution in [0.1, 0.15) is 0 Å². The Hall–Kier alpha value is -0.890. The number of nitrogens with two attached hydrogens (primary N) is 1. The fourth-order valence-corrected chi connectivity index (χ4v) is 4.41. The number of aliphatic hydroxyl groups is 3. The van der Waals surface area contributed by atoms with Crippen molar-refractivity contribution < 1.29 is 53.0 Å². The number of carbonyl (C=O) groups is 1. The number of carbonyl (C=O) groups excluding carboxylic acids is 1. The maximum absolute atomic E-state index is 12.1. The molecule has 2 amide bonds. The molecule has 1 fully saturated rings. The summed E-state index contributed by atoms with van der Waals surface area (Å²) in [6.07, 6.45) is -4.22. The summed E-state index contributed by atoms with van der Waals surface area (Å²) in [5.74, 6) is 0. The summed E-state index contributed by atoms with van der Waals surface area (Å²) in [5.41, 5.74) is 5.49. The lowest BCUT2D eigenvalue weighted by atomic mass is 10.1. The van der Waals surface area contributed by atoms with Gasteiger partial charge in [0.25, 0.3) is 0 Å². The Kier molecular flexibility index (Phi) is 5.46. The van der Waals surface area contributed by atoms with E-state index in [2.05, 4.69) is 4.31 Å². The molecule has 0 saturated carbocycles. The zero-order valence-corrected chi connectivity index (χ0v) is 14.1. The topological polar surface area (TPSA) is 232 Å². The molecule has 0 spiro atoms. The van der Waals surface area contributed by atoms with Gasteiger partial charge in [-0.3, -0.25) is 15.2 Å². The number of nitrogens with one attached hydrogen (secondary N) is 1. The van der Waals surface area contributed by atoms with Crippen LogP contribution in [0.15, 0.2) is 12.3 Å². The maximum Gasteiger partial charge on any atom is 0.476 e. The normalized spacial score (nSPS) is 38.5. The largest absolute Gasteiger partial charge is 0.476 e. The monoisotopic (exact) mass is 405 g/mol. The third-order valence-electron chi connectivity index (χ3n) is 3.51. The molecule has 9 N–H and O–H groups in total. The molecule has 0 bridgehead atoms. The highest BCUT2D eigenvalue weighted by Gasteiger charge is 2.54.